The molecule has 2 heterocycles. The summed E-state index contributed by atoms with van der Waals surface area (Å²) >= 11 is 4.82. The van der Waals surface area contributed by atoms with Gasteiger partial charge >= 0.3 is 0 Å². The van der Waals surface area contributed by atoms with Crippen LogP contribution in [0.25, 0.3) is 22.6 Å². The number of halogens is 1. The zero-order chi connectivity index (χ0) is 21.8. The van der Waals surface area contributed by atoms with Crippen molar-refractivity contribution in [1.82, 2.24) is 20.1 Å². The van der Waals surface area contributed by atoms with Crippen molar-refractivity contribution in [1.29, 1.82) is 0 Å². The third-order valence-electron chi connectivity index (χ3n) is 4.74. The normalized spacial score (nSPS) is 12.1. The lowest BCUT2D eigenvalue weighted by molar-refractivity contribution is -0.119. The number of carbonyl (C=O) groups excluding carboxylic acids is 1. The Bertz CT molecular complexity index is 1220. The van der Waals surface area contributed by atoms with Gasteiger partial charge in [0, 0.05) is 16.4 Å². The smallest absolute Gasteiger partial charge is 0.230 e. The van der Waals surface area contributed by atoms with Gasteiger partial charge in [-0.15, -0.1) is 16.8 Å². The molecule has 6 nitrogen and oxygen atoms in total. The summed E-state index contributed by atoms with van der Waals surface area (Å²) in [6.07, 6.45) is 1.77. The monoisotopic (exact) mass is 496 g/mol. The number of amides is 1. The fourth-order valence-electron chi connectivity index (χ4n) is 3.23. The average Bonchev–Trinajstić information content (AvgIpc) is 3.36. The van der Waals surface area contributed by atoms with Crippen LogP contribution in [-0.2, 0) is 11.3 Å². The number of hydrogen-bond donors (Lipinski definition) is 1. The van der Waals surface area contributed by atoms with Crippen molar-refractivity contribution in [2.75, 3.05) is 5.75 Å². The van der Waals surface area contributed by atoms with E-state index in [4.69, 9.17) is 4.42 Å². The van der Waals surface area contributed by atoms with Gasteiger partial charge in [-0.25, -0.2) is 0 Å². The summed E-state index contributed by atoms with van der Waals surface area (Å²) < 4.78 is 8.85. The second-order valence-electron chi connectivity index (χ2n) is 6.99. The van der Waals surface area contributed by atoms with Crippen molar-refractivity contribution in [3.63, 3.8) is 0 Å². The quantitative estimate of drug-likeness (QED) is 0.253. The predicted octanol–water partition coefficient (Wildman–Crippen LogP) is 5.61. The van der Waals surface area contributed by atoms with Crippen LogP contribution in [0.5, 0.6) is 0 Å². The average molecular weight is 497 g/mol. The summed E-state index contributed by atoms with van der Waals surface area (Å²) in [6.45, 7) is 6.31. The zero-order valence-electron chi connectivity index (χ0n) is 16.9. The summed E-state index contributed by atoms with van der Waals surface area (Å²) in [4.78, 5) is 12.5. The third kappa shape index (κ3) is 4.91. The molecule has 31 heavy (non-hydrogen) atoms. The van der Waals surface area contributed by atoms with Gasteiger partial charge in [-0.1, -0.05) is 64.1 Å². The second-order valence-corrected chi connectivity index (χ2v) is 8.84. The molecule has 4 aromatic rings. The molecule has 0 aliphatic carbocycles. The minimum absolute atomic E-state index is 0.0641. The number of nitrogens with one attached hydrogen (secondary N) is 1. The molecule has 0 saturated heterocycles. The maximum absolute atomic E-state index is 12.5. The first kappa shape index (κ1) is 21.4. The molecular weight excluding hydrogens is 476 g/mol. The van der Waals surface area contributed by atoms with Gasteiger partial charge in [-0.3, -0.25) is 9.36 Å². The van der Waals surface area contributed by atoms with E-state index in [1.807, 2.05) is 66.1 Å². The lowest BCUT2D eigenvalue weighted by atomic mass is 10.1. The summed E-state index contributed by atoms with van der Waals surface area (Å²) in [6, 6.07) is 17.6. The van der Waals surface area contributed by atoms with E-state index in [0.29, 0.717) is 23.3 Å². The zero-order valence-corrected chi connectivity index (χ0v) is 19.3. The van der Waals surface area contributed by atoms with Crippen LogP contribution >= 0.6 is 27.7 Å². The summed E-state index contributed by atoms with van der Waals surface area (Å²) in [5, 5.41) is 13.2. The summed E-state index contributed by atoms with van der Waals surface area (Å²) in [5.41, 5.74) is 1.84. The standard InChI is InChI=1S/C23H21BrN4O2S/c1-3-11-28-22(20-13-17-12-18(24)9-10-19(17)30-20)26-27-23(28)31-14-21(29)25-15(2)16-7-5-4-6-8-16/h3-10,12-13,15H,1,11,14H2,2H3,(H,25,29)/t15-/m1/s1. The van der Waals surface area contributed by atoms with Crippen molar-refractivity contribution in [3.05, 3.63) is 77.3 Å². The number of rotatable bonds is 8. The number of hydrogen-bond acceptors (Lipinski definition) is 5. The van der Waals surface area contributed by atoms with Gasteiger partial charge in [0.25, 0.3) is 0 Å². The van der Waals surface area contributed by atoms with Crippen molar-refractivity contribution < 1.29 is 9.21 Å². The molecule has 158 valence electrons. The molecule has 1 amide bonds. The Morgan fingerprint density at radius 3 is 2.84 bits per heavy atom. The second kappa shape index (κ2) is 9.53. The summed E-state index contributed by atoms with van der Waals surface area (Å²) in [5.74, 6) is 1.40. The van der Waals surface area contributed by atoms with Crippen molar-refractivity contribution in [2.45, 2.75) is 24.7 Å². The van der Waals surface area contributed by atoms with Crippen molar-refractivity contribution in [3.8, 4) is 11.6 Å². The maximum atomic E-state index is 12.5. The van der Waals surface area contributed by atoms with E-state index in [1.54, 1.807) is 6.08 Å². The molecule has 0 bridgehead atoms. The van der Waals surface area contributed by atoms with Gasteiger partial charge in [0.1, 0.15) is 5.58 Å². The molecule has 8 heteroatoms. The van der Waals surface area contributed by atoms with E-state index in [9.17, 15) is 4.79 Å². The molecule has 0 unspecified atom stereocenters. The molecule has 1 atom stereocenters. The number of allylic oxidation sites excluding steroid dienone is 1. The van der Waals surface area contributed by atoms with Crippen LogP contribution in [0, 0.1) is 0 Å². The predicted molar refractivity (Wildman–Crippen MR) is 127 cm³/mol. The summed E-state index contributed by atoms with van der Waals surface area (Å²) in [7, 11) is 0. The molecule has 4 rings (SSSR count). The van der Waals surface area contributed by atoms with Crippen molar-refractivity contribution >= 4 is 44.6 Å². The van der Waals surface area contributed by atoms with Gasteiger partial charge in [-0.05, 0) is 36.8 Å². The molecule has 0 aliphatic rings. The maximum Gasteiger partial charge on any atom is 0.230 e. The Labute approximate surface area is 192 Å². The SMILES string of the molecule is C=CCn1c(SCC(=O)N[C@H](C)c2ccccc2)nnc1-c1cc2cc(Br)ccc2o1. The highest BCUT2D eigenvalue weighted by Crippen LogP contribution is 2.30. The molecule has 0 spiro atoms. The highest BCUT2D eigenvalue weighted by Gasteiger charge is 2.19. The van der Waals surface area contributed by atoms with Crippen molar-refractivity contribution in [2.24, 2.45) is 0 Å². The Balaban J connectivity index is 1.49. The Morgan fingerprint density at radius 1 is 1.26 bits per heavy atom. The molecule has 1 N–H and O–H groups in total. The first-order chi connectivity index (χ1) is 15.0. The first-order valence-corrected chi connectivity index (χ1v) is 11.5. The topological polar surface area (TPSA) is 73.0 Å². The Hall–Kier alpha value is -2.84. The highest BCUT2D eigenvalue weighted by atomic mass is 79.9. The van der Waals surface area contributed by atoms with Crippen LogP contribution in [0.4, 0.5) is 0 Å². The van der Waals surface area contributed by atoms with E-state index in [-0.39, 0.29) is 17.7 Å². The van der Waals surface area contributed by atoms with Crippen LogP contribution in [0.1, 0.15) is 18.5 Å². The van der Waals surface area contributed by atoms with E-state index >= 15 is 0 Å². The molecule has 2 aromatic carbocycles. The molecule has 0 fully saturated rings. The van der Waals surface area contributed by atoms with E-state index in [0.717, 1.165) is 21.0 Å². The lowest BCUT2D eigenvalue weighted by Crippen LogP contribution is -2.28. The molecule has 0 aliphatic heterocycles. The number of nitrogens with zero attached hydrogens (tertiary/aromatic N) is 3. The van der Waals surface area contributed by atoms with Crippen LogP contribution in [-0.4, -0.2) is 26.4 Å². The molecule has 2 aromatic heterocycles. The fraction of sp³-hybridized carbons (Fsp3) is 0.174. The first-order valence-electron chi connectivity index (χ1n) is 9.76. The minimum atomic E-state index is -0.0651. The number of aromatic nitrogens is 3. The number of fused-ring (bicyclic) bond motifs is 1. The fourth-order valence-corrected chi connectivity index (χ4v) is 4.37. The largest absolute Gasteiger partial charge is 0.453 e. The molecule has 0 radical (unpaired) electrons. The highest BCUT2D eigenvalue weighted by molar-refractivity contribution is 9.10. The number of carbonyl (C=O) groups is 1. The van der Waals surface area contributed by atoms with Crippen LogP contribution in [0.15, 0.2) is 81.3 Å². The Kier molecular flexibility index (Phi) is 6.58. The number of benzene rings is 2. The van der Waals surface area contributed by atoms with Crippen LogP contribution < -0.4 is 5.32 Å². The van der Waals surface area contributed by atoms with Gasteiger partial charge in [0.05, 0.1) is 11.8 Å². The van der Waals surface area contributed by atoms with Gasteiger partial charge in [0.2, 0.25) is 11.7 Å². The third-order valence-corrected chi connectivity index (χ3v) is 6.20. The molecule has 0 saturated carbocycles. The number of furan rings is 1. The van der Waals surface area contributed by atoms with E-state index in [2.05, 4.69) is 38.0 Å². The lowest BCUT2D eigenvalue weighted by Gasteiger charge is -2.14. The number of thioether (sulfide) groups is 1. The van der Waals surface area contributed by atoms with E-state index in [1.165, 1.54) is 11.8 Å². The molecular formula is C23H21BrN4O2S. The Morgan fingerprint density at radius 2 is 2.06 bits per heavy atom. The van der Waals surface area contributed by atoms with Crippen LogP contribution in [0.3, 0.4) is 0 Å². The minimum Gasteiger partial charge on any atom is -0.453 e. The van der Waals surface area contributed by atoms with E-state index < -0.39 is 0 Å². The van der Waals surface area contributed by atoms with Gasteiger partial charge in [-0.2, -0.15) is 0 Å². The van der Waals surface area contributed by atoms with Gasteiger partial charge < -0.3 is 9.73 Å². The van der Waals surface area contributed by atoms with Gasteiger partial charge in [0.15, 0.2) is 10.9 Å². The van der Waals surface area contributed by atoms with Crippen LogP contribution in [0.2, 0.25) is 0 Å².